The maximum absolute atomic E-state index is 12.5. The summed E-state index contributed by atoms with van der Waals surface area (Å²) in [5.74, 6) is 0.404. The quantitative estimate of drug-likeness (QED) is 0.654. The molecule has 0 saturated heterocycles. The van der Waals surface area contributed by atoms with Crippen LogP contribution < -0.4 is 9.46 Å². The lowest BCUT2D eigenvalue weighted by atomic mass is 10.2. The summed E-state index contributed by atoms with van der Waals surface area (Å²) in [5, 5.41) is 11.2. The fraction of sp³-hybridized carbons (Fsp3) is 0.143. The van der Waals surface area contributed by atoms with Gasteiger partial charge in [0.2, 0.25) is 0 Å². The molecule has 2 aromatic rings. The molecule has 0 unspecified atom stereocenters. The lowest BCUT2D eigenvalue weighted by Gasteiger charge is -2.11. The Hall–Kier alpha value is -2.32. The van der Waals surface area contributed by atoms with Gasteiger partial charge in [0.05, 0.1) is 27.6 Å². The topological polar surface area (TPSA) is 98.5 Å². The number of sulfonamides is 1. The zero-order valence-electron chi connectivity index (χ0n) is 12.2. The van der Waals surface area contributed by atoms with Crippen molar-refractivity contribution in [2.24, 2.45) is 0 Å². The average Bonchev–Trinajstić information content (AvgIpc) is 2.46. The molecule has 0 aliphatic heterocycles. The van der Waals surface area contributed by atoms with Crippen molar-refractivity contribution in [1.29, 1.82) is 0 Å². The number of methoxy groups -OCH3 is 1. The zero-order valence-corrected chi connectivity index (χ0v) is 13.8. The molecule has 0 spiro atoms. The third-order valence-corrected chi connectivity index (χ3v) is 4.97. The molecule has 0 heterocycles. The van der Waals surface area contributed by atoms with Crippen LogP contribution in [0.4, 0.5) is 11.4 Å². The molecule has 0 aliphatic rings. The van der Waals surface area contributed by atoms with Gasteiger partial charge in [-0.1, -0.05) is 17.7 Å². The van der Waals surface area contributed by atoms with Gasteiger partial charge in [-0.05, 0) is 31.2 Å². The van der Waals surface area contributed by atoms with E-state index in [-0.39, 0.29) is 26.9 Å². The Morgan fingerprint density at radius 2 is 1.96 bits per heavy atom. The summed E-state index contributed by atoms with van der Waals surface area (Å²) in [5.41, 5.74) is 0.0203. The maximum Gasteiger partial charge on any atom is 0.273 e. The fourth-order valence-electron chi connectivity index (χ4n) is 2.03. The van der Waals surface area contributed by atoms with Crippen molar-refractivity contribution in [3.8, 4) is 5.75 Å². The highest BCUT2D eigenvalue weighted by atomic mass is 35.5. The number of hydrogen-bond acceptors (Lipinski definition) is 5. The van der Waals surface area contributed by atoms with Gasteiger partial charge in [-0.25, -0.2) is 8.42 Å². The highest BCUT2D eigenvalue weighted by molar-refractivity contribution is 7.92. The number of hydrogen-bond donors (Lipinski definition) is 1. The van der Waals surface area contributed by atoms with Gasteiger partial charge in [-0.3, -0.25) is 14.8 Å². The Morgan fingerprint density at radius 3 is 2.52 bits per heavy atom. The molecule has 0 amide bonds. The van der Waals surface area contributed by atoms with Crippen LogP contribution in [0, 0.1) is 17.0 Å². The Kier molecular flexibility index (Phi) is 4.76. The van der Waals surface area contributed by atoms with Crippen LogP contribution in [0.25, 0.3) is 0 Å². The normalized spacial score (nSPS) is 11.1. The summed E-state index contributed by atoms with van der Waals surface area (Å²) in [4.78, 5) is 10.1. The number of benzene rings is 2. The van der Waals surface area contributed by atoms with Crippen molar-refractivity contribution in [2.75, 3.05) is 11.8 Å². The van der Waals surface area contributed by atoms with E-state index in [1.807, 2.05) is 0 Å². The lowest BCUT2D eigenvalue weighted by molar-refractivity contribution is -0.385. The van der Waals surface area contributed by atoms with Crippen molar-refractivity contribution in [3.05, 3.63) is 57.1 Å². The molecule has 0 fully saturated rings. The number of nitrogens with one attached hydrogen (secondary N) is 1. The Bertz CT molecular complexity index is 867. The first-order valence-electron chi connectivity index (χ1n) is 6.36. The molecule has 0 bridgehead atoms. The SMILES string of the molecule is COc1ccc(NS(=O)(=O)c2cccc([N+](=O)[O-])c2C)cc1Cl. The minimum absolute atomic E-state index is 0.0598. The summed E-state index contributed by atoms with van der Waals surface area (Å²) in [6.45, 7) is 1.38. The third-order valence-electron chi connectivity index (χ3n) is 3.15. The molecule has 0 atom stereocenters. The highest BCUT2D eigenvalue weighted by Crippen LogP contribution is 2.30. The molecule has 0 saturated carbocycles. The number of nitro benzene ring substituents is 1. The molecule has 0 aromatic heterocycles. The molecule has 122 valence electrons. The minimum Gasteiger partial charge on any atom is -0.495 e. The van der Waals surface area contributed by atoms with Crippen LogP contribution in [0.2, 0.25) is 5.02 Å². The Balaban J connectivity index is 2.42. The number of rotatable bonds is 5. The van der Waals surface area contributed by atoms with E-state index in [0.29, 0.717) is 5.75 Å². The summed E-state index contributed by atoms with van der Waals surface area (Å²) in [6, 6.07) is 8.26. The van der Waals surface area contributed by atoms with E-state index >= 15 is 0 Å². The van der Waals surface area contributed by atoms with Gasteiger partial charge in [0, 0.05) is 11.6 Å². The predicted octanol–water partition coefficient (Wildman–Crippen LogP) is 3.37. The van der Waals surface area contributed by atoms with Crippen LogP contribution >= 0.6 is 11.6 Å². The van der Waals surface area contributed by atoms with Crippen LogP contribution in [0.15, 0.2) is 41.3 Å². The van der Waals surface area contributed by atoms with Crippen LogP contribution in [0.3, 0.4) is 0 Å². The third kappa shape index (κ3) is 3.54. The van der Waals surface area contributed by atoms with Crippen molar-refractivity contribution in [1.82, 2.24) is 0 Å². The first-order chi connectivity index (χ1) is 10.8. The number of anilines is 1. The molecule has 2 aromatic carbocycles. The van der Waals surface area contributed by atoms with E-state index in [0.717, 1.165) is 0 Å². The first-order valence-corrected chi connectivity index (χ1v) is 8.22. The second kappa shape index (κ2) is 6.43. The highest BCUT2D eigenvalue weighted by Gasteiger charge is 2.23. The van der Waals surface area contributed by atoms with Crippen molar-refractivity contribution >= 4 is 33.0 Å². The minimum atomic E-state index is -3.99. The number of halogens is 1. The Labute approximate surface area is 138 Å². The van der Waals surface area contributed by atoms with Gasteiger partial charge >= 0.3 is 0 Å². The van der Waals surface area contributed by atoms with Crippen LogP contribution in [-0.2, 0) is 10.0 Å². The first kappa shape index (κ1) is 17.0. The van der Waals surface area contributed by atoms with Crippen molar-refractivity contribution < 1.29 is 18.1 Å². The van der Waals surface area contributed by atoms with E-state index in [1.165, 1.54) is 50.4 Å². The summed E-state index contributed by atoms with van der Waals surface area (Å²) in [6.07, 6.45) is 0. The monoisotopic (exact) mass is 356 g/mol. The van der Waals surface area contributed by atoms with Gasteiger partial charge in [0.15, 0.2) is 0 Å². The van der Waals surface area contributed by atoms with Gasteiger partial charge in [-0.2, -0.15) is 0 Å². The Morgan fingerprint density at radius 1 is 1.26 bits per heavy atom. The van der Waals surface area contributed by atoms with E-state index in [1.54, 1.807) is 0 Å². The van der Waals surface area contributed by atoms with E-state index < -0.39 is 14.9 Å². The van der Waals surface area contributed by atoms with E-state index in [2.05, 4.69) is 4.72 Å². The summed E-state index contributed by atoms with van der Waals surface area (Å²) < 4.78 is 32.2. The summed E-state index contributed by atoms with van der Waals surface area (Å²) in [7, 11) is -2.55. The summed E-state index contributed by atoms with van der Waals surface area (Å²) >= 11 is 5.95. The van der Waals surface area contributed by atoms with Gasteiger partial charge in [0.1, 0.15) is 5.75 Å². The molecule has 9 heteroatoms. The molecule has 7 nitrogen and oxygen atoms in total. The molecule has 0 radical (unpaired) electrons. The second-order valence-corrected chi connectivity index (χ2v) is 6.67. The van der Waals surface area contributed by atoms with E-state index in [9.17, 15) is 18.5 Å². The molecule has 2 rings (SSSR count). The standard InChI is InChI=1S/C14H13ClN2O5S/c1-9-12(17(18)19)4-3-5-14(9)23(20,21)16-10-6-7-13(22-2)11(15)8-10/h3-8,16H,1-2H3. The van der Waals surface area contributed by atoms with Crippen LogP contribution in [0.5, 0.6) is 5.75 Å². The number of ether oxygens (including phenoxy) is 1. The maximum atomic E-state index is 12.5. The predicted molar refractivity (Wildman–Crippen MR) is 86.6 cm³/mol. The van der Waals surface area contributed by atoms with Crippen molar-refractivity contribution in [2.45, 2.75) is 11.8 Å². The molecule has 23 heavy (non-hydrogen) atoms. The van der Waals surface area contributed by atoms with Crippen LogP contribution in [0.1, 0.15) is 5.56 Å². The molecule has 0 aliphatic carbocycles. The fourth-order valence-corrected chi connectivity index (χ4v) is 3.60. The second-order valence-electron chi connectivity index (χ2n) is 4.61. The largest absolute Gasteiger partial charge is 0.495 e. The number of nitro groups is 1. The average molecular weight is 357 g/mol. The van der Waals surface area contributed by atoms with Crippen LogP contribution in [-0.4, -0.2) is 20.5 Å². The van der Waals surface area contributed by atoms with Gasteiger partial charge < -0.3 is 4.74 Å². The molecular formula is C14H13ClN2O5S. The zero-order chi connectivity index (χ0) is 17.2. The van der Waals surface area contributed by atoms with E-state index in [4.69, 9.17) is 16.3 Å². The molecular weight excluding hydrogens is 344 g/mol. The van der Waals surface area contributed by atoms with Gasteiger partial charge in [-0.15, -0.1) is 0 Å². The molecule has 1 N–H and O–H groups in total. The van der Waals surface area contributed by atoms with Crippen molar-refractivity contribution in [3.63, 3.8) is 0 Å². The number of nitrogens with zero attached hydrogens (tertiary/aromatic N) is 1. The lowest BCUT2D eigenvalue weighted by Crippen LogP contribution is -2.15. The van der Waals surface area contributed by atoms with Gasteiger partial charge in [0.25, 0.3) is 15.7 Å². The smallest absolute Gasteiger partial charge is 0.273 e.